The van der Waals surface area contributed by atoms with Crippen molar-refractivity contribution in [3.05, 3.63) is 18.2 Å². The highest BCUT2D eigenvalue weighted by molar-refractivity contribution is 6.20. The van der Waals surface area contributed by atoms with Crippen LogP contribution in [0.25, 0.3) is 0 Å². The smallest absolute Gasteiger partial charge is 0.108 e. The summed E-state index contributed by atoms with van der Waals surface area (Å²) in [5.41, 5.74) is 0. The fourth-order valence-corrected chi connectivity index (χ4v) is 1.64. The Hall–Kier alpha value is -0.500. The summed E-state index contributed by atoms with van der Waals surface area (Å²) in [4.78, 5) is 4.28. The second-order valence-corrected chi connectivity index (χ2v) is 4.32. The molecule has 1 aromatic rings. The lowest BCUT2D eigenvalue weighted by atomic mass is 10.1. The molecule has 14 heavy (non-hydrogen) atoms. The van der Waals surface area contributed by atoms with Crippen molar-refractivity contribution in [1.29, 1.82) is 0 Å². The molecule has 0 saturated carbocycles. The van der Waals surface area contributed by atoms with Crippen LogP contribution in [0.5, 0.6) is 0 Å². The molecule has 1 rings (SSSR count). The van der Waals surface area contributed by atoms with Crippen LogP contribution in [0.3, 0.4) is 0 Å². The molecule has 1 aromatic heterocycles. The van der Waals surface area contributed by atoms with E-state index in [1.165, 1.54) is 18.7 Å². The van der Waals surface area contributed by atoms with Crippen LogP contribution in [0.1, 0.15) is 38.4 Å². The van der Waals surface area contributed by atoms with E-state index in [0.29, 0.717) is 5.38 Å². The molecule has 1 atom stereocenters. The minimum atomic E-state index is 0.358. The lowest BCUT2D eigenvalue weighted by molar-refractivity contribution is 0.619. The average Bonchev–Trinajstić information content (AvgIpc) is 2.58. The summed E-state index contributed by atoms with van der Waals surface area (Å²) in [5.74, 6) is 1.17. The van der Waals surface area contributed by atoms with Crippen molar-refractivity contribution in [2.45, 2.75) is 44.4 Å². The van der Waals surface area contributed by atoms with Gasteiger partial charge in [0.25, 0.3) is 0 Å². The van der Waals surface area contributed by atoms with Gasteiger partial charge >= 0.3 is 0 Å². The van der Waals surface area contributed by atoms with Crippen LogP contribution in [0.2, 0.25) is 0 Å². The van der Waals surface area contributed by atoms with Crippen molar-refractivity contribution >= 4 is 11.6 Å². The molecule has 0 saturated heterocycles. The van der Waals surface area contributed by atoms with E-state index in [0.717, 1.165) is 19.3 Å². The first kappa shape index (κ1) is 11.6. The molecule has 0 bridgehead atoms. The summed E-state index contributed by atoms with van der Waals surface area (Å²) in [5, 5.41) is 0.358. The van der Waals surface area contributed by atoms with E-state index in [1.807, 2.05) is 19.4 Å². The number of nitrogens with zero attached hydrogens (tertiary/aromatic N) is 2. The SMILES string of the molecule is CCC(Cl)CCCCc1nccn1C. The summed E-state index contributed by atoms with van der Waals surface area (Å²) in [7, 11) is 2.04. The number of unbranched alkanes of at least 4 members (excludes halogenated alkanes) is 1. The highest BCUT2D eigenvalue weighted by atomic mass is 35.5. The first-order valence-electron chi connectivity index (χ1n) is 5.34. The molecule has 0 aliphatic carbocycles. The Morgan fingerprint density at radius 2 is 2.29 bits per heavy atom. The van der Waals surface area contributed by atoms with Gasteiger partial charge in [0.2, 0.25) is 0 Å². The summed E-state index contributed by atoms with van der Waals surface area (Å²) >= 11 is 6.04. The average molecular weight is 215 g/mol. The summed E-state index contributed by atoms with van der Waals surface area (Å²) in [6.07, 6.45) is 9.50. The highest BCUT2D eigenvalue weighted by Crippen LogP contribution is 2.12. The number of halogens is 1. The zero-order valence-corrected chi connectivity index (χ0v) is 9.80. The first-order valence-corrected chi connectivity index (χ1v) is 5.78. The second kappa shape index (κ2) is 6.07. The predicted molar refractivity (Wildman–Crippen MR) is 60.7 cm³/mol. The highest BCUT2D eigenvalue weighted by Gasteiger charge is 2.02. The van der Waals surface area contributed by atoms with Gasteiger partial charge in [0.1, 0.15) is 5.82 Å². The van der Waals surface area contributed by atoms with Crippen LogP contribution < -0.4 is 0 Å². The maximum atomic E-state index is 6.04. The monoisotopic (exact) mass is 214 g/mol. The molecule has 0 spiro atoms. The van der Waals surface area contributed by atoms with Gasteiger partial charge in [-0.3, -0.25) is 0 Å². The van der Waals surface area contributed by atoms with Gasteiger partial charge in [-0.2, -0.15) is 0 Å². The van der Waals surface area contributed by atoms with Crippen LogP contribution in [0, 0.1) is 0 Å². The number of alkyl halides is 1. The Morgan fingerprint density at radius 3 is 2.86 bits per heavy atom. The quantitative estimate of drug-likeness (QED) is 0.526. The van der Waals surface area contributed by atoms with Crippen molar-refractivity contribution in [2.24, 2.45) is 7.05 Å². The fraction of sp³-hybridized carbons (Fsp3) is 0.727. The lowest BCUT2D eigenvalue weighted by Crippen LogP contribution is -1.99. The molecule has 0 fully saturated rings. The number of hydrogen-bond donors (Lipinski definition) is 0. The van der Waals surface area contributed by atoms with Crippen molar-refractivity contribution < 1.29 is 0 Å². The topological polar surface area (TPSA) is 17.8 Å². The van der Waals surface area contributed by atoms with Crippen LogP contribution in [0.15, 0.2) is 12.4 Å². The van der Waals surface area contributed by atoms with E-state index in [1.54, 1.807) is 0 Å². The number of aryl methyl sites for hydroxylation is 2. The summed E-state index contributed by atoms with van der Waals surface area (Å²) in [6, 6.07) is 0. The number of rotatable bonds is 6. The van der Waals surface area contributed by atoms with Crippen molar-refractivity contribution in [2.75, 3.05) is 0 Å². The normalized spacial score (nSPS) is 13.1. The maximum Gasteiger partial charge on any atom is 0.108 e. The number of imidazole rings is 1. The molecule has 0 aliphatic rings. The van der Waals surface area contributed by atoms with Gasteiger partial charge in [0.05, 0.1) is 0 Å². The number of aromatic nitrogens is 2. The van der Waals surface area contributed by atoms with Crippen molar-refractivity contribution in [3.63, 3.8) is 0 Å². The molecular weight excluding hydrogens is 196 g/mol. The summed E-state index contributed by atoms with van der Waals surface area (Å²) < 4.78 is 2.08. The van der Waals surface area contributed by atoms with Crippen LogP contribution in [-0.4, -0.2) is 14.9 Å². The van der Waals surface area contributed by atoms with Gasteiger partial charge in [0, 0.05) is 31.2 Å². The van der Waals surface area contributed by atoms with Gasteiger partial charge in [-0.1, -0.05) is 13.3 Å². The Balaban J connectivity index is 2.13. The fourth-order valence-electron chi connectivity index (χ4n) is 1.49. The molecule has 0 radical (unpaired) electrons. The third-order valence-electron chi connectivity index (χ3n) is 2.53. The van der Waals surface area contributed by atoms with Gasteiger partial charge < -0.3 is 4.57 Å². The Labute approximate surface area is 91.3 Å². The van der Waals surface area contributed by atoms with E-state index < -0.39 is 0 Å². The van der Waals surface area contributed by atoms with E-state index >= 15 is 0 Å². The van der Waals surface area contributed by atoms with E-state index in [4.69, 9.17) is 11.6 Å². The third-order valence-corrected chi connectivity index (χ3v) is 3.06. The zero-order valence-electron chi connectivity index (χ0n) is 9.04. The second-order valence-electron chi connectivity index (χ2n) is 3.71. The Kier molecular flexibility index (Phi) is 5.02. The molecule has 0 aliphatic heterocycles. The minimum absolute atomic E-state index is 0.358. The molecule has 1 heterocycles. The van der Waals surface area contributed by atoms with Gasteiger partial charge in [0.15, 0.2) is 0 Å². The molecule has 3 heteroatoms. The van der Waals surface area contributed by atoms with Gasteiger partial charge in [-0.25, -0.2) is 4.98 Å². The molecule has 0 N–H and O–H groups in total. The van der Waals surface area contributed by atoms with Gasteiger partial charge in [-0.05, 0) is 19.3 Å². The van der Waals surface area contributed by atoms with Crippen molar-refractivity contribution in [1.82, 2.24) is 9.55 Å². The van der Waals surface area contributed by atoms with Crippen molar-refractivity contribution in [3.8, 4) is 0 Å². The molecular formula is C11H19ClN2. The molecule has 2 nitrogen and oxygen atoms in total. The van der Waals surface area contributed by atoms with E-state index in [2.05, 4.69) is 16.5 Å². The van der Waals surface area contributed by atoms with Crippen LogP contribution in [-0.2, 0) is 13.5 Å². The lowest BCUT2D eigenvalue weighted by Gasteiger charge is -2.05. The molecule has 0 amide bonds. The largest absolute Gasteiger partial charge is 0.338 e. The molecule has 80 valence electrons. The van der Waals surface area contributed by atoms with Crippen LogP contribution >= 0.6 is 11.6 Å². The standard InChI is InChI=1S/C11H19ClN2/c1-3-10(12)6-4-5-7-11-13-8-9-14(11)2/h8-10H,3-7H2,1-2H3. The Bertz CT molecular complexity index is 258. The van der Waals surface area contributed by atoms with Gasteiger partial charge in [-0.15, -0.1) is 11.6 Å². The minimum Gasteiger partial charge on any atom is -0.338 e. The Morgan fingerprint density at radius 1 is 1.50 bits per heavy atom. The van der Waals surface area contributed by atoms with Crippen LogP contribution in [0.4, 0.5) is 0 Å². The number of hydrogen-bond acceptors (Lipinski definition) is 1. The van der Waals surface area contributed by atoms with E-state index in [-0.39, 0.29) is 0 Å². The molecule has 0 aromatic carbocycles. The first-order chi connectivity index (χ1) is 6.74. The van der Waals surface area contributed by atoms with E-state index in [9.17, 15) is 0 Å². The third kappa shape index (κ3) is 3.70. The molecule has 1 unspecified atom stereocenters. The summed E-state index contributed by atoms with van der Waals surface area (Å²) in [6.45, 7) is 2.14. The zero-order chi connectivity index (χ0) is 10.4. The predicted octanol–water partition coefficient (Wildman–Crippen LogP) is 3.15. The maximum absolute atomic E-state index is 6.04.